The zero-order chi connectivity index (χ0) is 14.3. The minimum Gasteiger partial charge on any atom is -0.493 e. The van der Waals surface area contributed by atoms with E-state index in [1.54, 1.807) is 20.3 Å². The molecule has 0 saturated heterocycles. The van der Waals surface area contributed by atoms with Gasteiger partial charge in [0.15, 0.2) is 17.3 Å². The maximum atomic E-state index is 6.09. The van der Waals surface area contributed by atoms with E-state index in [1.165, 1.54) is 0 Å². The average molecular weight is 275 g/mol. The topological polar surface area (TPSA) is 88.1 Å². The SMILES string of the molecule is COc1cc(N)c(-c2nnnn2C2CC2C)cc1OC. The Labute approximate surface area is 116 Å². The van der Waals surface area contributed by atoms with Crippen LogP contribution in [-0.4, -0.2) is 34.4 Å². The minimum atomic E-state index is 0.354. The number of hydrogen-bond donors (Lipinski definition) is 1. The highest BCUT2D eigenvalue weighted by atomic mass is 16.5. The first-order valence-corrected chi connectivity index (χ1v) is 6.45. The molecular weight excluding hydrogens is 258 g/mol. The summed E-state index contributed by atoms with van der Waals surface area (Å²) >= 11 is 0. The maximum Gasteiger partial charge on any atom is 0.184 e. The fraction of sp³-hybridized carbons (Fsp3) is 0.462. The predicted molar refractivity (Wildman–Crippen MR) is 73.6 cm³/mol. The molecular formula is C13H17N5O2. The Morgan fingerprint density at radius 3 is 2.50 bits per heavy atom. The van der Waals surface area contributed by atoms with E-state index >= 15 is 0 Å². The monoisotopic (exact) mass is 275 g/mol. The molecule has 1 aliphatic carbocycles. The van der Waals surface area contributed by atoms with Gasteiger partial charge in [-0.25, -0.2) is 4.68 Å². The van der Waals surface area contributed by atoms with Crippen LogP contribution < -0.4 is 15.2 Å². The number of methoxy groups -OCH3 is 2. The Kier molecular flexibility index (Phi) is 2.96. The average Bonchev–Trinajstić information content (AvgIpc) is 2.99. The molecule has 0 bridgehead atoms. The first kappa shape index (κ1) is 12.7. The lowest BCUT2D eigenvalue weighted by atomic mass is 10.1. The Morgan fingerprint density at radius 1 is 1.25 bits per heavy atom. The van der Waals surface area contributed by atoms with Gasteiger partial charge in [-0.15, -0.1) is 5.10 Å². The highest BCUT2D eigenvalue weighted by molar-refractivity contribution is 5.76. The number of rotatable bonds is 4. The van der Waals surface area contributed by atoms with Gasteiger partial charge in [0.1, 0.15) is 0 Å². The van der Waals surface area contributed by atoms with Gasteiger partial charge in [-0.05, 0) is 28.8 Å². The number of anilines is 1. The van der Waals surface area contributed by atoms with Gasteiger partial charge in [-0.1, -0.05) is 6.92 Å². The molecule has 1 heterocycles. The van der Waals surface area contributed by atoms with E-state index < -0.39 is 0 Å². The summed E-state index contributed by atoms with van der Waals surface area (Å²) in [5.74, 6) is 2.46. The second kappa shape index (κ2) is 4.66. The minimum absolute atomic E-state index is 0.354. The molecule has 2 unspecified atom stereocenters. The molecule has 2 atom stereocenters. The smallest absolute Gasteiger partial charge is 0.184 e. The Bertz CT molecular complexity index is 640. The van der Waals surface area contributed by atoms with E-state index in [2.05, 4.69) is 22.4 Å². The van der Waals surface area contributed by atoms with Gasteiger partial charge in [0.25, 0.3) is 0 Å². The summed E-state index contributed by atoms with van der Waals surface area (Å²) in [6, 6.07) is 3.89. The van der Waals surface area contributed by atoms with Gasteiger partial charge in [0, 0.05) is 17.3 Å². The molecule has 0 spiro atoms. The molecule has 1 aliphatic rings. The van der Waals surface area contributed by atoms with Crippen molar-refractivity contribution in [2.75, 3.05) is 20.0 Å². The summed E-state index contributed by atoms with van der Waals surface area (Å²) in [5, 5.41) is 11.9. The molecule has 106 valence electrons. The molecule has 1 fully saturated rings. The van der Waals surface area contributed by atoms with Crippen LogP contribution in [0.1, 0.15) is 19.4 Å². The molecule has 1 saturated carbocycles. The number of nitrogen functional groups attached to an aromatic ring is 1. The van der Waals surface area contributed by atoms with Crippen LogP contribution in [-0.2, 0) is 0 Å². The van der Waals surface area contributed by atoms with Crippen LogP contribution in [0.15, 0.2) is 12.1 Å². The number of tetrazole rings is 1. The van der Waals surface area contributed by atoms with Crippen molar-refractivity contribution in [3.05, 3.63) is 12.1 Å². The van der Waals surface area contributed by atoms with Crippen molar-refractivity contribution < 1.29 is 9.47 Å². The fourth-order valence-corrected chi connectivity index (χ4v) is 2.33. The van der Waals surface area contributed by atoms with Gasteiger partial charge in [-0.2, -0.15) is 0 Å². The lowest BCUT2D eigenvalue weighted by molar-refractivity contribution is 0.355. The number of nitrogens with zero attached hydrogens (tertiary/aromatic N) is 4. The van der Waals surface area contributed by atoms with Gasteiger partial charge < -0.3 is 15.2 Å². The second-order valence-electron chi connectivity index (χ2n) is 5.02. The van der Waals surface area contributed by atoms with Crippen molar-refractivity contribution in [3.63, 3.8) is 0 Å². The maximum absolute atomic E-state index is 6.09. The van der Waals surface area contributed by atoms with E-state index in [1.807, 2.05) is 10.7 Å². The molecule has 7 heteroatoms. The molecule has 0 radical (unpaired) electrons. The zero-order valence-corrected chi connectivity index (χ0v) is 11.7. The van der Waals surface area contributed by atoms with Crippen LogP contribution >= 0.6 is 0 Å². The largest absolute Gasteiger partial charge is 0.493 e. The molecule has 2 aromatic rings. The van der Waals surface area contributed by atoms with Gasteiger partial charge in [0.2, 0.25) is 0 Å². The fourth-order valence-electron chi connectivity index (χ4n) is 2.33. The number of nitrogens with two attached hydrogens (primary N) is 1. The highest BCUT2D eigenvalue weighted by Gasteiger charge is 2.37. The van der Waals surface area contributed by atoms with Crippen molar-refractivity contribution in [1.29, 1.82) is 0 Å². The number of aromatic nitrogens is 4. The van der Waals surface area contributed by atoms with Crippen LogP contribution in [0.25, 0.3) is 11.4 Å². The standard InChI is InChI=1S/C13H17N5O2/c1-7-4-10(7)18-13(15-16-17-18)8-5-11(19-2)12(20-3)6-9(8)14/h5-7,10H,4,14H2,1-3H3. The summed E-state index contributed by atoms with van der Waals surface area (Å²) in [6.07, 6.45) is 1.09. The molecule has 20 heavy (non-hydrogen) atoms. The van der Waals surface area contributed by atoms with Crippen molar-refractivity contribution >= 4 is 5.69 Å². The summed E-state index contributed by atoms with van der Waals surface area (Å²) < 4.78 is 12.4. The van der Waals surface area contributed by atoms with Crippen LogP contribution in [0.3, 0.4) is 0 Å². The van der Waals surface area contributed by atoms with Crippen molar-refractivity contribution in [1.82, 2.24) is 20.2 Å². The lowest BCUT2D eigenvalue weighted by Gasteiger charge is -2.12. The first-order valence-electron chi connectivity index (χ1n) is 6.45. The summed E-state index contributed by atoms with van der Waals surface area (Å²) in [6.45, 7) is 2.17. The lowest BCUT2D eigenvalue weighted by Crippen LogP contribution is -2.04. The normalized spacial score (nSPS) is 20.8. The van der Waals surface area contributed by atoms with Crippen molar-refractivity contribution in [2.45, 2.75) is 19.4 Å². The Hall–Kier alpha value is -2.31. The van der Waals surface area contributed by atoms with Crippen LogP contribution in [0.5, 0.6) is 11.5 Å². The third-order valence-corrected chi connectivity index (χ3v) is 3.67. The van der Waals surface area contributed by atoms with E-state index in [9.17, 15) is 0 Å². The highest BCUT2D eigenvalue weighted by Crippen LogP contribution is 2.45. The number of benzene rings is 1. The summed E-state index contributed by atoms with van der Waals surface area (Å²) in [4.78, 5) is 0. The molecule has 2 N–H and O–H groups in total. The number of ether oxygens (including phenoxy) is 2. The molecule has 0 aliphatic heterocycles. The third kappa shape index (κ3) is 1.95. The van der Waals surface area contributed by atoms with Crippen LogP contribution in [0.4, 0.5) is 5.69 Å². The molecule has 1 aromatic heterocycles. The molecule has 0 amide bonds. The van der Waals surface area contributed by atoms with E-state index in [-0.39, 0.29) is 0 Å². The van der Waals surface area contributed by atoms with E-state index in [0.29, 0.717) is 35.0 Å². The second-order valence-corrected chi connectivity index (χ2v) is 5.02. The third-order valence-electron chi connectivity index (χ3n) is 3.67. The Morgan fingerprint density at radius 2 is 1.90 bits per heavy atom. The Balaban J connectivity index is 2.08. The molecule has 3 rings (SSSR count). The van der Waals surface area contributed by atoms with Gasteiger partial charge >= 0.3 is 0 Å². The first-order chi connectivity index (χ1) is 9.65. The summed E-state index contributed by atoms with van der Waals surface area (Å²) in [5.41, 5.74) is 7.41. The predicted octanol–water partition coefficient (Wildman–Crippen LogP) is 1.52. The summed E-state index contributed by atoms with van der Waals surface area (Å²) in [7, 11) is 3.16. The number of hydrogen-bond acceptors (Lipinski definition) is 6. The van der Waals surface area contributed by atoms with Crippen LogP contribution in [0, 0.1) is 5.92 Å². The zero-order valence-electron chi connectivity index (χ0n) is 11.7. The molecule has 7 nitrogen and oxygen atoms in total. The molecule has 1 aromatic carbocycles. The van der Waals surface area contributed by atoms with Gasteiger partial charge in [-0.3, -0.25) is 0 Å². The quantitative estimate of drug-likeness (QED) is 0.851. The van der Waals surface area contributed by atoms with Crippen LogP contribution in [0.2, 0.25) is 0 Å². The van der Waals surface area contributed by atoms with E-state index in [4.69, 9.17) is 15.2 Å². The van der Waals surface area contributed by atoms with Gasteiger partial charge in [0.05, 0.1) is 20.3 Å². The van der Waals surface area contributed by atoms with Crippen molar-refractivity contribution in [2.24, 2.45) is 5.92 Å². The van der Waals surface area contributed by atoms with E-state index in [0.717, 1.165) is 12.0 Å². The van der Waals surface area contributed by atoms with Crippen molar-refractivity contribution in [3.8, 4) is 22.9 Å².